The van der Waals surface area contributed by atoms with Crippen molar-refractivity contribution < 1.29 is 0 Å². The molecular formula is C23H21Cl2N5S. The number of rotatable bonds is 4. The fourth-order valence-electron chi connectivity index (χ4n) is 3.75. The van der Waals surface area contributed by atoms with Crippen molar-refractivity contribution in [2.45, 2.75) is 6.92 Å². The normalized spacial score (nSPS) is 14.2. The van der Waals surface area contributed by atoms with Crippen molar-refractivity contribution in [1.29, 1.82) is 0 Å². The van der Waals surface area contributed by atoms with Crippen molar-refractivity contribution in [1.82, 2.24) is 19.9 Å². The molecule has 0 saturated carbocycles. The highest BCUT2D eigenvalue weighted by molar-refractivity contribution is 7.18. The fraction of sp³-hybridized carbons (Fsp3) is 0.217. The number of pyridine rings is 1. The third kappa shape index (κ3) is 4.21. The lowest BCUT2D eigenvalue weighted by molar-refractivity contribution is 0.585. The average Bonchev–Trinajstić information content (AvgIpc) is 3.43. The van der Waals surface area contributed by atoms with Crippen LogP contribution < -0.4 is 10.2 Å². The van der Waals surface area contributed by atoms with Gasteiger partial charge in [-0.15, -0.1) is 11.3 Å². The number of halogens is 2. The van der Waals surface area contributed by atoms with Gasteiger partial charge in [0, 0.05) is 54.0 Å². The Morgan fingerprint density at radius 1 is 1.00 bits per heavy atom. The zero-order valence-electron chi connectivity index (χ0n) is 17.0. The van der Waals surface area contributed by atoms with Gasteiger partial charge in [0.15, 0.2) is 5.82 Å². The van der Waals surface area contributed by atoms with E-state index in [1.54, 1.807) is 17.4 Å². The topological polar surface area (TPSA) is 46.0 Å². The number of aromatic nitrogens is 3. The third-order valence-electron chi connectivity index (χ3n) is 5.29. The van der Waals surface area contributed by atoms with Crippen molar-refractivity contribution >= 4 is 40.4 Å². The molecule has 0 atom stereocenters. The highest BCUT2D eigenvalue weighted by Crippen LogP contribution is 2.36. The van der Waals surface area contributed by atoms with E-state index in [0.717, 1.165) is 64.5 Å². The van der Waals surface area contributed by atoms with Gasteiger partial charge in [-0.25, -0.2) is 9.97 Å². The second-order valence-corrected chi connectivity index (χ2v) is 9.41. The molecule has 3 aromatic heterocycles. The SMILES string of the molecule is Cc1cn(-c2cc(Cl)ccc2Cl)c(-c2ccc(-c3ccc(N4CCNCC4)nc3)s2)n1. The molecule has 4 heterocycles. The molecule has 1 aliphatic rings. The fourth-order valence-corrected chi connectivity index (χ4v) is 5.11. The second-order valence-electron chi connectivity index (χ2n) is 7.48. The summed E-state index contributed by atoms with van der Waals surface area (Å²) >= 11 is 14.4. The Morgan fingerprint density at radius 2 is 1.81 bits per heavy atom. The first-order chi connectivity index (χ1) is 15.1. The van der Waals surface area contributed by atoms with E-state index in [9.17, 15) is 0 Å². The van der Waals surface area contributed by atoms with Gasteiger partial charge in [0.2, 0.25) is 0 Å². The van der Waals surface area contributed by atoms with Gasteiger partial charge in [0.1, 0.15) is 5.82 Å². The van der Waals surface area contributed by atoms with E-state index in [1.165, 1.54) is 0 Å². The molecule has 4 aromatic rings. The van der Waals surface area contributed by atoms with Gasteiger partial charge in [-0.05, 0) is 49.4 Å². The molecule has 5 nitrogen and oxygen atoms in total. The number of hydrogen-bond donors (Lipinski definition) is 1. The first-order valence-corrected chi connectivity index (χ1v) is 11.7. The number of nitrogens with one attached hydrogen (secondary N) is 1. The van der Waals surface area contributed by atoms with Crippen molar-refractivity contribution in [3.8, 4) is 26.8 Å². The van der Waals surface area contributed by atoms with E-state index >= 15 is 0 Å². The highest BCUT2D eigenvalue weighted by Gasteiger charge is 2.16. The molecule has 5 rings (SSSR count). The number of aryl methyl sites for hydroxylation is 1. The maximum Gasteiger partial charge on any atom is 0.154 e. The van der Waals surface area contributed by atoms with Crippen molar-refractivity contribution in [2.24, 2.45) is 0 Å². The molecule has 0 bridgehead atoms. The molecule has 0 radical (unpaired) electrons. The second kappa shape index (κ2) is 8.63. The maximum atomic E-state index is 6.46. The van der Waals surface area contributed by atoms with Crippen LogP contribution in [-0.4, -0.2) is 40.7 Å². The van der Waals surface area contributed by atoms with Gasteiger partial charge in [0.05, 0.1) is 21.3 Å². The maximum absolute atomic E-state index is 6.46. The zero-order valence-corrected chi connectivity index (χ0v) is 19.3. The zero-order chi connectivity index (χ0) is 21.4. The van der Waals surface area contributed by atoms with Gasteiger partial charge in [-0.1, -0.05) is 23.2 Å². The number of hydrogen-bond acceptors (Lipinski definition) is 5. The summed E-state index contributed by atoms with van der Waals surface area (Å²) in [6.07, 6.45) is 3.94. The Hall–Kier alpha value is -2.38. The summed E-state index contributed by atoms with van der Waals surface area (Å²) in [4.78, 5) is 14.0. The number of thiophene rings is 1. The molecule has 1 fully saturated rings. The Bertz CT molecular complexity index is 1210. The minimum atomic E-state index is 0.632. The van der Waals surface area contributed by atoms with Crippen LogP contribution in [-0.2, 0) is 0 Å². The molecular weight excluding hydrogens is 449 g/mol. The van der Waals surface area contributed by atoms with Crippen LogP contribution in [0, 0.1) is 6.92 Å². The molecule has 0 aliphatic carbocycles. The van der Waals surface area contributed by atoms with Crippen LogP contribution >= 0.6 is 34.5 Å². The minimum absolute atomic E-state index is 0.632. The van der Waals surface area contributed by atoms with Crippen LogP contribution in [0.15, 0.2) is 54.9 Å². The van der Waals surface area contributed by atoms with Crippen LogP contribution in [0.5, 0.6) is 0 Å². The molecule has 1 N–H and O–H groups in total. The van der Waals surface area contributed by atoms with Crippen LogP contribution in [0.1, 0.15) is 5.69 Å². The first kappa shape index (κ1) is 20.5. The van der Waals surface area contributed by atoms with Crippen molar-refractivity contribution in [2.75, 3.05) is 31.1 Å². The average molecular weight is 470 g/mol. The summed E-state index contributed by atoms with van der Waals surface area (Å²) in [5.41, 5.74) is 2.84. The van der Waals surface area contributed by atoms with Crippen molar-refractivity contribution in [3.63, 3.8) is 0 Å². The van der Waals surface area contributed by atoms with Crippen LogP contribution in [0.25, 0.3) is 26.8 Å². The Balaban J connectivity index is 1.46. The molecule has 0 amide bonds. The summed E-state index contributed by atoms with van der Waals surface area (Å²) < 4.78 is 2.00. The summed E-state index contributed by atoms with van der Waals surface area (Å²) in [5, 5.41) is 4.64. The van der Waals surface area contributed by atoms with E-state index < -0.39 is 0 Å². The van der Waals surface area contributed by atoms with Crippen molar-refractivity contribution in [3.05, 3.63) is 70.6 Å². The monoisotopic (exact) mass is 469 g/mol. The van der Waals surface area contributed by atoms with E-state index in [-0.39, 0.29) is 0 Å². The summed E-state index contributed by atoms with van der Waals surface area (Å²) in [7, 11) is 0. The van der Waals surface area contributed by atoms with E-state index in [0.29, 0.717) is 10.0 Å². The number of piperazine rings is 1. The van der Waals surface area contributed by atoms with Crippen LogP contribution in [0.4, 0.5) is 5.82 Å². The highest BCUT2D eigenvalue weighted by atomic mass is 35.5. The molecule has 1 aliphatic heterocycles. The van der Waals surface area contributed by atoms with Crippen LogP contribution in [0.3, 0.4) is 0 Å². The lowest BCUT2D eigenvalue weighted by Gasteiger charge is -2.28. The molecule has 31 heavy (non-hydrogen) atoms. The lowest BCUT2D eigenvalue weighted by atomic mass is 10.2. The lowest BCUT2D eigenvalue weighted by Crippen LogP contribution is -2.43. The molecule has 1 aromatic carbocycles. The summed E-state index contributed by atoms with van der Waals surface area (Å²) in [6, 6.07) is 13.9. The number of benzene rings is 1. The van der Waals surface area contributed by atoms with E-state index in [4.69, 9.17) is 33.2 Å². The summed E-state index contributed by atoms with van der Waals surface area (Å²) in [5.74, 6) is 1.88. The molecule has 158 valence electrons. The smallest absolute Gasteiger partial charge is 0.154 e. The van der Waals surface area contributed by atoms with E-state index in [2.05, 4.69) is 34.5 Å². The van der Waals surface area contributed by atoms with Gasteiger partial charge >= 0.3 is 0 Å². The predicted octanol–water partition coefficient (Wildman–Crippen LogP) is 5.69. The standard InChI is InChI=1S/C23H21Cl2N5S/c1-15-14-30(19-12-17(24)3-4-18(19)25)23(28-15)21-6-5-20(31-21)16-2-7-22(27-13-16)29-10-8-26-9-11-29/h2-7,12-14,26H,8-11H2,1H3. The largest absolute Gasteiger partial charge is 0.354 e. The third-order valence-corrected chi connectivity index (χ3v) is 6.98. The van der Waals surface area contributed by atoms with Gasteiger partial charge in [-0.3, -0.25) is 4.57 Å². The number of imidazole rings is 1. The Labute approximate surface area is 195 Å². The van der Waals surface area contributed by atoms with E-state index in [1.807, 2.05) is 36.0 Å². The molecule has 0 unspecified atom stereocenters. The predicted molar refractivity (Wildman–Crippen MR) is 130 cm³/mol. The minimum Gasteiger partial charge on any atom is -0.354 e. The number of anilines is 1. The molecule has 1 saturated heterocycles. The Kier molecular flexibility index (Phi) is 5.71. The van der Waals surface area contributed by atoms with Gasteiger partial charge < -0.3 is 10.2 Å². The van der Waals surface area contributed by atoms with Gasteiger partial charge in [-0.2, -0.15) is 0 Å². The number of nitrogens with zero attached hydrogens (tertiary/aromatic N) is 4. The molecule has 0 spiro atoms. The molecule has 8 heteroatoms. The van der Waals surface area contributed by atoms with Gasteiger partial charge in [0.25, 0.3) is 0 Å². The summed E-state index contributed by atoms with van der Waals surface area (Å²) in [6.45, 7) is 5.96. The Morgan fingerprint density at radius 3 is 2.58 bits per heavy atom. The first-order valence-electron chi connectivity index (χ1n) is 10.1. The quantitative estimate of drug-likeness (QED) is 0.417. The van der Waals surface area contributed by atoms with Crippen LogP contribution in [0.2, 0.25) is 10.0 Å².